The Balaban J connectivity index is 1.26. The van der Waals surface area contributed by atoms with Crippen molar-refractivity contribution in [1.82, 2.24) is 14.5 Å². The van der Waals surface area contributed by atoms with Crippen LogP contribution in [0.15, 0.2) is 140 Å². The Morgan fingerprint density at radius 1 is 0.420 bits per heavy atom. The Kier molecular flexibility index (Phi) is 4.80. The van der Waals surface area contributed by atoms with Crippen LogP contribution in [0, 0.1) is 0 Å². The van der Waals surface area contributed by atoms with E-state index >= 15 is 0 Å². The number of rotatable bonds is 3. The Morgan fingerprint density at radius 3 is 1.66 bits per heavy atom. The minimum atomic E-state index is -0.113. The predicted molar refractivity (Wildman–Crippen MR) is 208 cm³/mol. The van der Waals surface area contributed by atoms with Gasteiger partial charge in [0.05, 0.1) is 22.1 Å². The van der Waals surface area contributed by atoms with E-state index in [1.54, 1.807) is 0 Å². The molecule has 10 aromatic rings. The zero-order valence-electron chi connectivity index (χ0n) is 27.6. The van der Waals surface area contributed by atoms with Crippen LogP contribution < -0.4 is 0 Å². The van der Waals surface area contributed by atoms with Crippen molar-refractivity contribution in [2.45, 2.75) is 19.3 Å². The summed E-state index contributed by atoms with van der Waals surface area (Å²) >= 11 is 0. The number of hydrogen-bond donors (Lipinski definition) is 0. The zero-order valence-corrected chi connectivity index (χ0v) is 27.6. The second-order valence-electron chi connectivity index (χ2n) is 14.5. The smallest absolute Gasteiger partial charge is 0.165 e. The van der Waals surface area contributed by atoms with Gasteiger partial charge in [-0.3, -0.25) is 4.57 Å². The third-order valence-electron chi connectivity index (χ3n) is 11.7. The van der Waals surface area contributed by atoms with Gasteiger partial charge in [0.25, 0.3) is 0 Å². The van der Waals surface area contributed by atoms with Crippen LogP contribution in [-0.4, -0.2) is 14.5 Å². The maximum atomic E-state index is 5.47. The molecule has 0 aliphatic heterocycles. The van der Waals surface area contributed by atoms with Crippen LogP contribution in [0.4, 0.5) is 0 Å². The molecule has 0 bridgehead atoms. The molecule has 3 nitrogen and oxygen atoms in total. The van der Waals surface area contributed by atoms with Crippen molar-refractivity contribution in [3.63, 3.8) is 0 Å². The van der Waals surface area contributed by atoms with Crippen molar-refractivity contribution in [2.75, 3.05) is 0 Å². The Hall–Kier alpha value is -6.32. The number of para-hydroxylation sites is 2. The first-order valence-corrected chi connectivity index (χ1v) is 17.4. The molecule has 0 atom stereocenters. The lowest BCUT2D eigenvalue weighted by Crippen LogP contribution is -2.14. The van der Waals surface area contributed by atoms with Gasteiger partial charge in [-0.25, -0.2) is 9.97 Å². The van der Waals surface area contributed by atoms with Crippen molar-refractivity contribution in [1.29, 1.82) is 0 Å². The molecule has 2 aromatic heterocycles. The third kappa shape index (κ3) is 3.16. The molecule has 0 amide bonds. The van der Waals surface area contributed by atoms with Crippen molar-refractivity contribution in [3.05, 3.63) is 151 Å². The summed E-state index contributed by atoms with van der Waals surface area (Å²) in [5, 5.41) is 10.6. The molecular formula is C47H29N3. The van der Waals surface area contributed by atoms with E-state index in [0.717, 1.165) is 33.6 Å². The van der Waals surface area contributed by atoms with Gasteiger partial charge < -0.3 is 0 Å². The van der Waals surface area contributed by atoms with Gasteiger partial charge >= 0.3 is 0 Å². The third-order valence-corrected chi connectivity index (χ3v) is 11.7. The molecule has 232 valence electrons. The maximum absolute atomic E-state index is 5.47. The summed E-state index contributed by atoms with van der Waals surface area (Å²) in [4.78, 5) is 10.8. The second-order valence-corrected chi connectivity index (χ2v) is 14.5. The van der Waals surface area contributed by atoms with Crippen LogP contribution in [0.25, 0.3) is 104 Å². The van der Waals surface area contributed by atoms with Gasteiger partial charge in [-0.05, 0) is 84.6 Å². The first kappa shape index (κ1) is 26.6. The lowest BCUT2D eigenvalue weighted by molar-refractivity contribution is 0.661. The zero-order chi connectivity index (χ0) is 32.9. The Labute approximate surface area is 288 Å². The van der Waals surface area contributed by atoms with Gasteiger partial charge in [-0.2, -0.15) is 0 Å². The predicted octanol–water partition coefficient (Wildman–Crippen LogP) is 12.1. The van der Waals surface area contributed by atoms with E-state index in [2.05, 4.69) is 152 Å². The molecule has 0 saturated carbocycles. The minimum absolute atomic E-state index is 0.113. The van der Waals surface area contributed by atoms with Gasteiger partial charge in [0.2, 0.25) is 0 Å². The number of nitrogens with zero attached hydrogens (tertiary/aromatic N) is 3. The molecule has 2 aliphatic rings. The monoisotopic (exact) mass is 635 g/mol. The molecule has 50 heavy (non-hydrogen) atoms. The maximum Gasteiger partial charge on any atom is 0.165 e. The number of fused-ring (bicyclic) bond motifs is 1. The minimum Gasteiger partial charge on any atom is -0.292 e. The lowest BCUT2D eigenvalue weighted by Gasteiger charge is -2.22. The van der Waals surface area contributed by atoms with Crippen LogP contribution in [0.3, 0.4) is 0 Å². The van der Waals surface area contributed by atoms with Crippen LogP contribution in [-0.2, 0) is 5.41 Å². The molecule has 0 spiro atoms. The van der Waals surface area contributed by atoms with Crippen LogP contribution in [0.5, 0.6) is 0 Å². The quantitative estimate of drug-likeness (QED) is 0.181. The number of hydrogen-bond acceptors (Lipinski definition) is 2. The standard InChI is InChI=1S/C47H29N3/c1-47(2)32-22-20-29-16-14-28-15-17-30-21-24-36-43-40(30)38(28)39(29)41(32)42-33(47)23-25-37(44(42)43)50(36)46-45(48-34-10-6-7-11-35(34)49-46)31-18-12-27(13-19-31)26-8-4-3-5-9-26/h3-25H,1-2H3. The van der Waals surface area contributed by atoms with Gasteiger partial charge in [0, 0.05) is 27.1 Å². The van der Waals surface area contributed by atoms with Gasteiger partial charge in [0.15, 0.2) is 5.82 Å². The first-order valence-electron chi connectivity index (χ1n) is 17.4. The summed E-state index contributed by atoms with van der Waals surface area (Å²) in [6.07, 6.45) is 0. The molecule has 0 radical (unpaired) electrons. The van der Waals surface area contributed by atoms with Crippen LogP contribution >= 0.6 is 0 Å². The summed E-state index contributed by atoms with van der Waals surface area (Å²) in [5.74, 6) is 0.854. The highest BCUT2D eigenvalue weighted by Gasteiger charge is 2.40. The van der Waals surface area contributed by atoms with Gasteiger partial charge in [-0.1, -0.05) is 129 Å². The van der Waals surface area contributed by atoms with Crippen molar-refractivity contribution < 1.29 is 0 Å². The molecule has 8 aromatic carbocycles. The molecule has 0 fully saturated rings. The first-order chi connectivity index (χ1) is 24.6. The van der Waals surface area contributed by atoms with E-state index in [1.807, 2.05) is 6.07 Å². The highest BCUT2D eigenvalue weighted by atomic mass is 15.1. The topological polar surface area (TPSA) is 30.7 Å². The average Bonchev–Trinajstić information content (AvgIpc) is 3.57. The number of aromatic nitrogens is 3. The summed E-state index contributed by atoms with van der Waals surface area (Å²) in [6.45, 7) is 4.79. The van der Waals surface area contributed by atoms with E-state index in [1.165, 1.54) is 82.0 Å². The van der Waals surface area contributed by atoms with Crippen molar-refractivity contribution >= 4 is 65.2 Å². The molecule has 0 N–H and O–H groups in total. The van der Waals surface area contributed by atoms with Crippen LogP contribution in [0.2, 0.25) is 0 Å². The summed E-state index contributed by atoms with van der Waals surface area (Å²) in [6, 6.07) is 50.9. The molecular weight excluding hydrogens is 607 g/mol. The molecule has 2 heterocycles. The average molecular weight is 636 g/mol. The number of benzene rings is 8. The van der Waals surface area contributed by atoms with Crippen molar-refractivity contribution in [2.24, 2.45) is 0 Å². The summed E-state index contributed by atoms with van der Waals surface area (Å²) in [7, 11) is 0. The fourth-order valence-electron chi connectivity index (χ4n) is 9.36. The summed E-state index contributed by atoms with van der Waals surface area (Å²) < 4.78 is 2.40. The molecule has 0 unspecified atom stereocenters. The highest BCUT2D eigenvalue weighted by molar-refractivity contribution is 6.39. The largest absolute Gasteiger partial charge is 0.292 e. The van der Waals surface area contributed by atoms with E-state index in [9.17, 15) is 0 Å². The van der Waals surface area contributed by atoms with Crippen molar-refractivity contribution in [3.8, 4) is 39.3 Å². The van der Waals surface area contributed by atoms with E-state index < -0.39 is 0 Å². The van der Waals surface area contributed by atoms with E-state index in [4.69, 9.17) is 9.97 Å². The Bertz CT molecular complexity index is 3140. The molecule has 12 rings (SSSR count). The molecule has 2 aliphatic carbocycles. The lowest BCUT2D eigenvalue weighted by atomic mass is 9.81. The SMILES string of the molecule is CC1(C)c2ccc3ccc4ccc5ccc6c7c8c(c1ccc8n6-c1nc6ccccc6nc1-c1ccc(-c6ccccc6)cc1)-c2c3c4c57. The fraction of sp³-hybridized carbons (Fsp3) is 0.0638. The normalized spacial score (nSPS) is 14.0. The van der Waals surface area contributed by atoms with Gasteiger partial charge in [0.1, 0.15) is 5.69 Å². The van der Waals surface area contributed by atoms with E-state index in [0.29, 0.717) is 0 Å². The van der Waals surface area contributed by atoms with Crippen LogP contribution in [0.1, 0.15) is 25.0 Å². The molecule has 0 saturated heterocycles. The van der Waals surface area contributed by atoms with Gasteiger partial charge in [-0.15, -0.1) is 0 Å². The summed E-state index contributed by atoms with van der Waals surface area (Å²) in [5.41, 5.74) is 13.9. The highest BCUT2D eigenvalue weighted by Crippen LogP contribution is 2.59. The fourth-order valence-corrected chi connectivity index (χ4v) is 9.36. The Morgan fingerprint density at radius 2 is 0.920 bits per heavy atom. The second kappa shape index (κ2) is 9.02. The molecule has 3 heteroatoms. The van der Waals surface area contributed by atoms with E-state index in [-0.39, 0.29) is 5.41 Å².